The van der Waals surface area contributed by atoms with Gasteiger partial charge >= 0.3 is 0 Å². The summed E-state index contributed by atoms with van der Waals surface area (Å²) in [4.78, 5) is 15.3. The maximum atomic E-state index is 6.50. The van der Waals surface area contributed by atoms with E-state index in [0.29, 0.717) is 23.2 Å². The van der Waals surface area contributed by atoms with Gasteiger partial charge in [0.2, 0.25) is 5.95 Å². The highest BCUT2D eigenvalue weighted by Gasteiger charge is 2.24. The van der Waals surface area contributed by atoms with Gasteiger partial charge in [-0.05, 0) is 53.6 Å². The molecule has 0 unspecified atom stereocenters. The second kappa shape index (κ2) is 12.9. The van der Waals surface area contributed by atoms with Crippen molar-refractivity contribution >= 4 is 71.1 Å². The summed E-state index contributed by atoms with van der Waals surface area (Å²) < 4.78 is 11.1. The minimum absolute atomic E-state index is 0.489. The summed E-state index contributed by atoms with van der Waals surface area (Å²) in [5, 5.41) is 6.61. The first-order valence-electron chi connectivity index (χ1n) is 18.9. The first kappa shape index (κ1) is 32.6. The number of aromatic nitrogens is 5. The van der Waals surface area contributed by atoms with Gasteiger partial charge in [0.1, 0.15) is 11.2 Å². The fraction of sp³-hybridized carbons (Fsp3) is 0. The Kier molecular flexibility index (Phi) is 7.37. The predicted octanol–water partition coefficient (Wildman–Crippen LogP) is 13.1. The molecule has 0 saturated carbocycles. The number of fused-ring (bicyclic) bond motifs is 10. The normalized spacial score (nSPS) is 11.9. The molecule has 4 heterocycles. The molecule has 0 radical (unpaired) electrons. The van der Waals surface area contributed by atoms with Gasteiger partial charge < -0.3 is 8.98 Å². The second-order valence-electron chi connectivity index (χ2n) is 14.2. The van der Waals surface area contributed by atoms with E-state index in [1.807, 2.05) is 48.6 Å². The van der Waals surface area contributed by atoms with Gasteiger partial charge in [0.25, 0.3) is 0 Å². The maximum Gasteiger partial charge on any atom is 0.238 e. The average Bonchev–Trinajstić information content (AvgIpc) is 3.93. The SMILES string of the molecule is C=C/C=C\C(=C)c1nc(-c2ccccc2)nc(-n2c3ccccc3c3ccc4c5ccccc5n(-c5ccc6oc7cc(-c8ccccc8)ccc7c6c5)c4c32)n1. The van der Waals surface area contributed by atoms with Crippen LogP contribution < -0.4 is 0 Å². The van der Waals surface area contributed by atoms with Crippen LogP contribution in [0.15, 0.2) is 194 Å². The van der Waals surface area contributed by atoms with Crippen molar-refractivity contribution in [1.82, 2.24) is 24.1 Å². The van der Waals surface area contributed by atoms with E-state index in [1.54, 1.807) is 6.08 Å². The minimum atomic E-state index is 0.489. The quantitative estimate of drug-likeness (QED) is 0.153. The van der Waals surface area contributed by atoms with E-state index < -0.39 is 0 Å². The molecule has 0 saturated heterocycles. The molecule has 0 aliphatic rings. The third-order valence-corrected chi connectivity index (χ3v) is 10.9. The topological polar surface area (TPSA) is 61.7 Å². The zero-order valence-corrected chi connectivity index (χ0v) is 30.8. The molecule has 0 fully saturated rings. The summed E-state index contributed by atoms with van der Waals surface area (Å²) in [6, 6.07) is 55.0. The smallest absolute Gasteiger partial charge is 0.238 e. The number of hydrogen-bond donors (Lipinski definition) is 0. The van der Waals surface area contributed by atoms with Gasteiger partial charge in [-0.1, -0.05) is 147 Å². The highest BCUT2D eigenvalue weighted by Crippen LogP contribution is 2.42. The molecule has 0 atom stereocenters. The van der Waals surface area contributed by atoms with E-state index in [9.17, 15) is 0 Å². The number of para-hydroxylation sites is 2. The van der Waals surface area contributed by atoms with Gasteiger partial charge in [0.15, 0.2) is 11.6 Å². The molecule has 0 bridgehead atoms. The molecule has 268 valence electrons. The van der Waals surface area contributed by atoms with Crippen LogP contribution in [0.2, 0.25) is 0 Å². The molecular weight excluding hydrogens is 699 g/mol. The van der Waals surface area contributed by atoms with Crippen LogP contribution in [0.25, 0.3) is 105 Å². The van der Waals surface area contributed by atoms with Crippen LogP contribution in [0.5, 0.6) is 0 Å². The lowest BCUT2D eigenvalue weighted by molar-refractivity contribution is 0.669. The van der Waals surface area contributed by atoms with Gasteiger partial charge in [-0.15, -0.1) is 0 Å². The molecule has 57 heavy (non-hydrogen) atoms. The fourth-order valence-corrected chi connectivity index (χ4v) is 8.27. The van der Waals surface area contributed by atoms with E-state index in [1.165, 1.54) is 0 Å². The summed E-state index contributed by atoms with van der Waals surface area (Å²) in [6.45, 7) is 8.18. The number of nitrogens with zero attached hydrogens (tertiary/aromatic N) is 5. The number of hydrogen-bond acceptors (Lipinski definition) is 4. The lowest BCUT2D eigenvalue weighted by Gasteiger charge is -2.13. The van der Waals surface area contributed by atoms with Crippen LogP contribution >= 0.6 is 0 Å². The molecule has 0 N–H and O–H groups in total. The van der Waals surface area contributed by atoms with Gasteiger partial charge in [-0.2, -0.15) is 9.97 Å². The summed E-state index contributed by atoms with van der Waals surface area (Å²) in [5.74, 6) is 1.56. The van der Waals surface area contributed by atoms with Gasteiger partial charge in [0, 0.05) is 49.1 Å². The molecule has 0 aliphatic heterocycles. The molecule has 6 heteroatoms. The Labute approximate surface area is 327 Å². The van der Waals surface area contributed by atoms with Crippen molar-refractivity contribution in [1.29, 1.82) is 0 Å². The third-order valence-electron chi connectivity index (χ3n) is 10.9. The van der Waals surface area contributed by atoms with Crippen molar-refractivity contribution < 1.29 is 4.42 Å². The van der Waals surface area contributed by atoms with Crippen molar-refractivity contribution in [3.8, 4) is 34.2 Å². The van der Waals surface area contributed by atoms with Crippen LogP contribution in [0.3, 0.4) is 0 Å². The van der Waals surface area contributed by atoms with Crippen LogP contribution in [-0.2, 0) is 0 Å². The fourth-order valence-electron chi connectivity index (χ4n) is 8.27. The maximum absolute atomic E-state index is 6.50. The van der Waals surface area contributed by atoms with Crippen LogP contribution in [0, 0.1) is 0 Å². The monoisotopic (exact) mass is 731 g/mol. The molecule has 0 aliphatic carbocycles. The highest BCUT2D eigenvalue weighted by atomic mass is 16.3. The van der Waals surface area contributed by atoms with E-state index in [2.05, 4.69) is 144 Å². The van der Waals surface area contributed by atoms with Crippen LogP contribution in [0.4, 0.5) is 0 Å². The van der Waals surface area contributed by atoms with Crippen molar-refractivity contribution in [2.45, 2.75) is 0 Å². The van der Waals surface area contributed by atoms with Gasteiger partial charge in [-0.3, -0.25) is 4.57 Å². The zero-order chi connectivity index (χ0) is 38.0. The number of allylic oxidation sites excluding steroid dienone is 4. The molecular formula is C51H33N5O. The second-order valence-corrected chi connectivity index (χ2v) is 14.2. The Bertz CT molecular complexity index is 3440. The summed E-state index contributed by atoms with van der Waals surface area (Å²) in [5.41, 5.74) is 10.7. The Hall–Kier alpha value is -7.83. The van der Waals surface area contributed by atoms with Gasteiger partial charge in [0.05, 0.1) is 22.1 Å². The van der Waals surface area contributed by atoms with E-state index in [-0.39, 0.29) is 0 Å². The number of furan rings is 1. The Morgan fingerprint density at radius 2 is 1.14 bits per heavy atom. The number of rotatable bonds is 7. The van der Waals surface area contributed by atoms with E-state index >= 15 is 0 Å². The standard InChI is InChI=1S/C51H33N5O/c1-3-4-15-32(2)49-52-50(34-18-9-6-10-19-34)54-51(53-49)56-44-23-14-12-21-38(44)41-28-27-40-37-20-11-13-22-43(37)55(47(40)48(41)56)36-25-29-45-42(31-36)39-26-24-35(30-46(39)57-45)33-16-7-5-8-17-33/h3-31H,1-2H2/b15-4-. The molecule has 0 spiro atoms. The van der Waals surface area contributed by atoms with E-state index in [0.717, 1.165) is 87.9 Å². The predicted molar refractivity (Wildman–Crippen MR) is 235 cm³/mol. The summed E-state index contributed by atoms with van der Waals surface area (Å²) in [6.07, 6.45) is 5.44. The average molecular weight is 732 g/mol. The van der Waals surface area contributed by atoms with Crippen LogP contribution in [0.1, 0.15) is 5.82 Å². The Morgan fingerprint density at radius 3 is 1.86 bits per heavy atom. The van der Waals surface area contributed by atoms with Crippen molar-refractivity contribution in [2.75, 3.05) is 0 Å². The molecule has 0 amide bonds. The molecule has 11 rings (SSSR count). The van der Waals surface area contributed by atoms with Crippen molar-refractivity contribution in [3.05, 3.63) is 195 Å². The zero-order valence-electron chi connectivity index (χ0n) is 30.8. The molecule has 11 aromatic rings. The van der Waals surface area contributed by atoms with E-state index in [4.69, 9.17) is 19.4 Å². The molecule has 7 aromatic carbocycles. The van der Waals surface area contributed by atoms with Crippen molar-refractivity contribution in [3.63, 3.8) is 0 Å². The first-order chi connectivity index (χ1) is 28.1. The molecule has 6 nitrogen and oxygen atoms in total. The van der Waals surface area contributed by atoms with Gasteiger partial charge in [-0.25, -0.2) is 4.98 Å². The summed E-state index contributed by atoms with van der Waals surface area (Å²) >= 11 is 0. The first-order valence-corrected chi connectivity index (χ1v) is 18.9. The molecule has 4 aromatic heterocycles. The number of benzene rings is 7. The Morgan fingerprint density at radius 1 is 0.509 bits per heavy atom. The largest absolute Gasteiger partial charge is 0.456 e. The summed E-state index contributed by atoms with van der Waals surface area (Å²) in [7, 11) is 0. The highest BCUT2D eigenvalue weighted by molar-refractivity contribution is 6.24. The Balaban J connectivity index is 1.22. The minimum Gasteiger partial charge on any atom is -0.456 e. The van der Waals surface area contributed by atoms with Crippen LogP contribution in [-0.4, -0.2) is 24.1 Å². The van der Waals surface area contributed by atoms with Crippen molar-refractivity contribution in [2.24, 2.45) is 0 Å². The lowest BCUT2D eigenvalue weighted by Crippen LogP contribution is -2.08. The third kappa shape index (κ3) is 5.15. The lowest BCUT2D eigenvalue weighted by atomic mass is 10.0.